The lowest BCUT2D eigenvalue weighted by Crippen LogP contribution is -2.39. The predicted octanol–water partition coefficient (Wildman–Crippen LogP) is 3.05. The maximum Gasteiger partial charge on any atom is 0.253 e. The Morgan fingerprint density at radius 2 is 2.26 bits per heavy atom. The molecule has 2 heterocycles. The molecule has 4 nitrogen and oxygen atoms in total. The molecule has 1 aliphatic rings. The molecule has 0 unspecified atom stereocenters. The number of carbonyl (C=O) groups excluding carboxylic acids is 1. The first-order chi connectivity index (χ1) is 11.1. The average Bonchev–Trinajstić information content (AvgIpc) is 2.91. The number of pyridine rings is 1. The third kappa shape index (κ3) is 3.35. The summed E-state index contributed by atoms with van der Waals surface area (Å²) in [6, 6.07) is 8.08. The second-order valence-corrected chi connectivity index (χ2v) is 6.12. The standard InChI is InChI=1S/C17H17ClFN3O/c1-22-8-6-15(21-17(23)12-3-2-7-20-10-12)16(22)11-4-5-13(18)14(19)9-11/h2-5,7,9-10,15-16H,6,8H2,1H3,(H,21,23)/t15-,16+/m1/s1. The van der Waals surface area contributed by atoms with Crippen molar-refractivity contribution >= 4 is 17.5 Å². The minimum atomic E-state index is -0.443. The zero-order chi connectivity index (χ0) is 16.4. The van der Waals surface area contributed by atoms with Crippen LogP contribution in [0, 0.1) is 5.82 Å². The van der Waals surface area contributed by atoms with Crippen LogP contribution >= 0.6 is 11.6 Å². The molecule has 0 aliphatic carbocycles. The average molecular weight is 334 g/mol. The summed E-state index contributed by atoms with van der Waals surface area (Å²) >= 11 is 5.76. The topological polar surface area (TPSA) is 45.2 Å². The van der Waals surface area contributed by atoms with Crippen LogP contribution < -0.4 is 5.32 Å². The molecule has 1 aromatic carbocycles. The first kappa shape index (κ1) is 15.9. The Kier molecular flexibility index (Phi) is 4.59. The molecule has 1 saturated heterocycles. The highest BCUT2D eigenvalue weighted by Crippen LogP contribution is 2.32. The minimum Gasteiger partial charge on any atom is -0.347 e. The fourth-order valence-electron chi connectivity index (χ4n) is 3.03. The fourth-order valence-corrected chi connectivity index (χ4v) is 3.15. The van der Waals surface area contributed by atoms with Crippen molar-refractivity contribution in [2.24, 2.45) is 0 Å². The highest BCUT2D eigenvalue weighted by Gasteiger charge is 2.34. The first-order valence-corrected chi connectivity index (χ1v) is 7.80. The van der Waals surface area contributed by atoms with Gasteiger partial charge in [0.25, 0.3) is 5.91 Å². The van der Waals surface area contributed by atoms with Crippen molar-refractivity contribution in [3.63, 3.8) is 0 Å². The van der Waals surface area contributed by atoms with Crippen LogP contribution in [0.2, 0.25) is 5.02 Å². The Balaban J connectivity index is 1.81. The van der Waals surface area contributed by atoms with Crippen LogP contribution in [0.15, 0.2) is 42.7 Å². The van der Waals surface area contributed by atoms with E-state index in [1.54, 1.807) is 30.5 Å². The Hall–Kier alpha value is -1.98. The van der Waals surface area contributed by atoms with Gasteiger partial charge in [0.2, 0.25) is 0 Å². The molecule has 6 heteroatoms. The Labute approximate surface area is 139 Å². The number of likely N-dealkylation sites (tertiary alicyclic amines) is 1. The molecule has 1 aromatic heterocycles. The minimum absolute atomic E-state index is 0.0811. The van der Waals surface area contributed by atoms with Gasteiger partial charge in [0.1, 0.15) is 5.82 Å². The number of aromatic nitrogens is 1. The van der Waals surface area contributed by atoms with Crippen molar-refractivity contribution in [2.75, 3.05) is 13.6 Å². The van der Waals surface area contributed by atoms with Crippen molar-refractivity contribution in [3.8, 4) is 0 Å². The maximum atomic E-state index is 13.8. The molecule has 0 radical (unpaired) electrons. The van der Waals surface area contributed by atoms with Crippen LogP contribution in [0.3, 0.4) is 0 Å². The molecular formula is C17H17ClFN3O. The highest BCUT2D eigenvalue weighted by atomic mass is 35.5. The van der Waals surface area contributed by atoms with Gasteiger partial charge < -0.3 is 5.32 Å². The third-order valence-electron chi connectivity index (χ3n) is 4.17. The van der Waals surface area contributed by atoms with E-state index in [9.17, 15) is 9.18 Å². The molecule has 23 heavy (non-hydrogen) atoms. The molecule has 1 aliphatic heterocycles. The summed E-state index contributed by atoms with van der Waals surface area (Å²) in [6.07, 6.45) is 3.96. The smallest absolute Gasteiger partial charge is 0.253 e. The fraction of sp³-hybridized carbons (Fsp3) is 0.294. The molecule has 2 aromatic rings. The number of likely N-dealkylation sites (N-methyl/N-ethyl adjacent to an activating group) is 1. The Bertz CT molecular complexity index is 710. The molecule has 0 saturated carbocycles. The molecule has 120 valence electrons. The molecule has 1 fully saturated rings. The molecular weight excluding hydrogens is 317 g/mol. The van der Waals surface area contributed by atoms with Crippen LogP contribution in [0.1, 0.15) is 28.4 Å². The van der Waals surface area contributed by atoms with Crippen LogP contribution in [0.4, 0.5) is 4.39 Å². The largest absolute Gasteiger partial charge is 0.347 e. The van der Waals surface area contributed by atoms with Crippen molar-refractivity contribution in [1.82, 2.24) is 15.2 Å². The molecule has 0 bridgehead atoms. The highest BCUT2D eigenvalue weighted by molar-refractivity contribution is 6.30. The SMILES string of the molecule is CN1CC[C@@H](NC(=O)c2cccnc2)[C@@H]1c1ccc(Cl)c(F)c1. The lowest BCUT2D eigenvalue weighted by molar-refractivity contribution is 0.0927. The second kappa shape index (κ2) is 6.64. The lowest BCUT2D eigenvalue weighted by Gasteiger charge is -2.26. The van der Waals surface area contributed by atoms with E-state index in [0.717, 1.165) is 18.5 Å². The number of carbonyl (C=O) groups is 1. The van der Waals surface area contributed by atoms with Gasteiger partial charge >= 0.3 is 0 Å². The van der Waals surface area contributed by atoms with Crippen LogP contribution in [0.25, 0.3) is 0 Å². The predicted molar refractivity (Wildman–Crippen MR) is 86.9 cm³/mol. The van der Waals surface area contributed by atoms with E-state index in [4.69, 9.17) is 11.6 Å². The van der Waals surface area contributed by atoms with Gasteiger partial charge in [-0.2, -0.15) is 0 Å². The van der Waals surface area contributed by atoms with Gasteiger partial charge in [-0.05, 0) is 43.3 Å². The maximum absolute atomic E-state index is 13.8. The van der Waals surface area contributed by atoms with E-state index in [2.05, 4.69) is 15.2 Å². The summed E-state index contributed by atoms with van der Waals surface area (Å²) in [5, 5.41) is 3.13. The van der Waals surface area contributed by atoms with Crippen LogP contribution in [0.5, 0.6) is 0 Å². The van der Waals surface area contributed by atoms with Crippen molar-refractivity contribution in [2.45, 2.75) is 18.5 Å². The van der Waals surface area contributed by atoms with Gasteiger partial charge in [-0.3, -0.25) is 14.7 Å². The third-order valence-corrected chi connectivity index (χ3v) is 4.48. The van der Waals surface area contributed by atoms with E-state index < -0.39 is 5.82 Å². The normalized spacial score (nSPS) is 21.3. The number of nitrogens with zero attached hydrogens (tertiary/aromatic N) is 2. The summed E-state index contributed by atoms with van der Waals surface area (Å²) < 4.78 is 13.8. The van der Waals surface area contributed by atoms with Gasteiger partial charge in [0, 0.05) is 18.9 Å². The summed E-state index contributed by atoms with van der Waals surface area (Å²) in [5.74, 6) is -0.611. The number of benzene rings is 1. The van der Waals surface area contributed by atoms with E-state index in [1.165, 1.54) is 12.3 Å². The number of rotatable bonds is 3. The zero-order valence-corrected chi connectivity index (χ0v) is 13.4. The number of halogens is 2. The second-order valence-electron chi connectivity index (χ2n) is 5.71. The van der Waals surface area contributed by atoms with Crippen LogP contribution in [-0.4, -0.2) is 35.4 Å². The summed E-state index contributed by atoms with van der Waals surface area (Å²) in [6.45, 7) is 0.826. The Morgan fingerprint density at radius 3 is 2.96 bits per heavy atom. The molecule has 0 spiro atoms. The van der Waals surface area contributed by atoms with Crippen molar-refractivity contribution in [1.29, 1.82) is 0 Å². The van der Waals surface area contributed by atoms with E-state index in [1.807, 2.05) is 7.05 Å². The molecule has 1 amide bonds. The number of nitrogens with one attached hydrogen (secondary N) is 1. The Morgan fingerprint density at radius 1 is 1.43 bits per heavy atom. The van der Waals surface area contributed by atoms with E-state index in [0.29, 0.717) is 5.56 Å². The lowest BCUT2D eigenvalue weighted by atomic mass is 9.99. The van der Waals surface area contributed by atoms with Gasteiger partial charge in [-0.1, -0.05) is 17.7 Å². The first-order valence-electron chi connectivity index (χ1n) is 7.42. The van der Waals surface area contributed by atoms with Gasteiger partial charge in [0.15, 0.2) is 0 Å². The van der Waals surface area contributed by atoms with E-state index >= 15 is 0 Å². The number of hydrogen-bond acceptors (Lipinski definition) is 3. The molecule has 2 atom stereocenters. The van der Waals surface area contributed by atoms with Crippen molar-refractivity contribution in [3.05, 3.63) is 64.7 Å². The molecule has 3 rings (SSSR count). The van der Waals surface area contributed by atoms with Gasteiger partial charge in [-0.15, -0.1) is 0 Å². The van der Waals surface area contributed by atoms with Gasteiger partial charge in [0.05, 0.1) is 22.7 Å². The molecule has 1 N–H and O–H groups in total. The van der Waals surface area contributed by atoms with Crippen LogP contribution in [-0.2, 0) is 0 Å². The number of hydrogen-bond donors (Lipinski definition) is 1. The summed E-state index contributed by atoms with van der Waals surface area (Å²) in [5.41, 5.74) is 1.33. The monoisotopic (exact) mass is 333 g/mol. The summed E-state index contributed by atoms with van der Waals surface area (Å²) in [7, 11) is 1.97. The van der Waals surface area contributed by atoms with Gasteiger partial charge in [-0.25, -0.2) is 4.39 Å². The zero-order valence-electron chi connectivity index (χ0n) is 12.7. The quantitative estimate of drug-likeness (QED) is 0.939. The number of amides is 1. The van der Waals surface area contributed by atoms with E-state index in [-0.39, 0.29) is 23.0 Å². The van der Waals surface area contributed by atoms with Crippen molar-refractivity contribution < 1.29 is 9.18 Å². The summed E-state index contributed by atoms with van der Waals surface area (Å²) in [4.78, 5) is 18.4.